The Bertz CT molecular complexity index is 1090. The third-order valence-electron chi connectivity index (χ3n) is 5.50. The van der Waals surface area contributed by atoms with Crippen LogP contribution in [0.25, 0.3) is 11.4 Å². The maximum Gasteiger partial charge on any atom is 0.250 e. The number of carbonyl (C=O) groups excluding carboxylic acids is 1. The number of nitrogens with one attached hydrogen (secondary N) is 1. The van der Waals surface area contributed by atoms with E-state index in [1.807, 2.05) is 0 Å². The molecule has 8 heteroatoms. The molecule has 166 valence electrons. The first-order valence-corrected chi connectivity index (χ1v) is 11.8. The van der Waals surface area contributed by atoms with Crippen molar-refractivity contribution in [2.75, 3.05) is 5.75 Å². The van der Waals surface area contributed by atoms with Gasteiger partial charge in [0, 0.05) is 11.6 Å². The molecule has 32 heavy (non-hydrogen) atoms. The first-order valence-electron chi connectivity index (χ1n) is 10.8. The van der Waals surface area contributed by atoms with Gasteiger partial charge in [-0.15, -0.1) is 10.2 Å². The number of hydrogen-bond acceptors (Lipinski definition) is 5. The van der Waals surface area contributed by atoms with Gasteiger partial charge in [0.2, 0.25) is 0 Å². The van der Waals surface area contributed by atoms with Crippen LogP contribution < -0.4 is 5.43 Å². The molecule has 2 aromatic carbocycles. The van der Waals surface area contributed by atoms with Gasteiger partial charge in [-0.25, -0.2) is 9.82 Å². The predicted octanol–water partition coefficient (Wildman–Crippen LogP) is 5.14. The number of hydrogen-bond donors (Lipinski definition) is 1. The first-order chi connectivity index (χ1) is 15.6. The average molecular weight is 452 g/mol. The second-order valence-corrected chi connectivity index (χ2v) is 8.91. The molecule has 0 radical (unpaired) electrons. The van der Waals surface area contributed by atoms with Gasteiger partial charge in [0.25, 0.3) is 5.91 Å². The smallest absolute Gasteiger partial charge is 0.250 e. The Morgan fingerprint density at radius 2 is 1.97 bits per heavy atom. The molecule has 4 rings (SSSR count). The van der Waals surface area contributed by atoms with Gasteiger partial charge in [0.1, 0.15) is 5.82 Å². The van der Waals surface area contributed by atoms with E-state index in [0.29, 0.717) is 11.6 Å². The van der Waals surface area contributed by atoms with Crippen LogP contribution in [0.15, 0.2) is 58.8 Å². The summed E-state index contributed by atoms with van der Waals surface area (Å²) in [5.74, 6) is 0.420. The van der Waals surface area contributed by atoms with Crippen molar-refractivity contribution in [2.24, 2.45) is 5.10 Å². The summed E-state index contributed by atoms with van der Waals surface area (Å²) in [5.41, 5.74) is 5.30. The van der Waals surface area contributed by atoms with Crippen molar-refractivity contribution in [3.63, 3.8) is 0 Å². The third-order valence-corrected chi connectivity index (χ3v) is 6.44. The second kappa shape index (κ2) is 10.5. The van der Waals surface area contributed by atoms with Crippen LogP contribution in [0.2, 0.25) is 0 Å². The highest BCUT2D eigenvalue weighted by Crippen LogP contribution is 2.35. The number of amides is 1. The molecular formula is C24H26FN5OS. The van der Waals surface area contributed by atoms with Crippen molar-refractivity contribution in [3.8, 4) is 11.4 Å². The number of aryl methyl sites for hydroxylation is 1. The number of rotatable bonds is 7. The lowest BCUT2D eigenvalue weighted by Crippen LogP contribution is -2.20. The zero-order valence-electron chi connectivity index (χ0n) is 18.0. The summed E-state index contributed by atoms with van der Waals surface area (Å²) in [6, 6.07) is 14.7. The zero-order valence-corrected chi connectivity index (χ0v) is 18.8. The molecule has 1 heterocycles. The molecule has 0 atom stereocenters. The summed E-state index contributed by atoms with van der Waals surface area (Å²) in [4.78, 5) is 12.3. The molecule has 1 aliphatic rings. The number of thioether (sulfide) groups is 1. The Balaban J connectivity index is 1.45. The third kappa shape index (κ3) is 5.62. The van der Waals surface area contributed by atoms with Crippen LogP contribution in [0.3, 0.4) is 0 Å². The lowest BCUT2D eigenvalue weighted by Gasteiger charge is -2.25. The van der Waals surface area contributed by atoms with E-state index in [1.54, 1.807) is 12.1 Å². The van der Waals surface area contributed by atoms with Crippen LogP contribution in [-0.4, -0.2) is 32.6 Å². The van der Waals surface area contributed by atoms with Crippen molar-refractivity contribution in [1.82, 2.24) is 20.2 Å². The van der Waals surface area contributed by atoms with E-state index in [1.165, 1.54) is 54.9 Å². The van der Waals surface area contributed by atoms with E-state index in [2.05, 4.69) is 56.5 Å². The van der Waals surface area contributed by atoms with Gasteiger partial charge >= 0.3 is 0 Å². The summed E-state index contributed by atoms with van der Waals surface area (Å²) in [6.07, 6.45) is 7.24. The van der Waals surface area contributed by atoms with Gasteiger partial charge in [-0.2, -0.15) is 5.10 Å². The van der Waals surface area contributed by atoms with E-state index in [9.17, 15) is 9.18 Å². The predicted molar refractivity (Wildman–Crippen MR) is 125 cm³/mol. The van der Waals surface area contributed by atoms with Crippen LogP contribution in [0.4, 0.5) is 4.39 Å². The molecule has 0 aliphatic heterocycles. The van der Waals surface area contributed by atoms with Crippen LogP contribution >= 0.6 is 11.8 Å². The first kappa shape index (κ1) is 22.2. The van der Waals surface area contributed by atoms with E-state index >= 15 is 0 Å². The van der Waals surface area contributed by atoms with Gasteiger partial charge in [0.05, 0.1) is 12.0 Å². The standard InChI is InChI=1S/C24H26FN5OS/c1-17-10-12-19(13-11-17)23-28-29-24(30(23)21-8-3-2-4-9-21)32-16-22(31)27-26-15-18-6-5-7-20(25)14-18/h5-7,10-15,21H,2-4,8-9,16H2,1H3,(H,27,31)/b26-15+. The number of carbonyl (C=O) groups is 1. The maximum atomic E-state index is 13.2. The topological polar surface area (TPSA) is 72.2 Å². The molecule has 1 amide bonds. The molecule has 1 aliphatic carbocycles. The highest BCUT2D eigenvalue weighted by atomic mass is 32.2. The highest BCUT2D eigenvalue weighted by Gasteiger charge is 2.24. The molecule has 3 aromatic rings. The summed E-state index contributed by atoms with van der Waals surface area (Å²) in [6.45, 7) is 2.06. The molecule has 6 nitrogen and oxygen atoms in total. The summed E-state index contributed by atoms with van der Waals surface area (Å²) >= 11 is 1.36. The highest BCUT2D eigenvalue weighted by molar-refractivity contribution is 7.99. The van der Waals surface area contributed by atoms with E-state index in [4.69, 9.17) is 0 Å². The van der Waals surface area contributed by atoms with E-state index in [0.717, 1.165) is 29.4 Å². The normalized spacial score (nSPS) is 14.7. The summed E-state index contributed by atoms with van der Waals surface area (Å²) < 4.78 is 15.4. The Morgan fingerprint density at radius 1 is 1.19 bits per heavy atom. The van der Waals surface area contributed by atoms with Crippen molar-refractivity contribution in [1.29, 1.82) is 0 Å². The SMILES string of the molecule is Cc1ccc(-c2nnc(SCC(=O)N/N=C/c3cccc(F)c3)n2C2CCCCC2)cc1. The average Bonchev–Trinajstić information content (AvgIpc) is 3.23. The summed E-state index contributed by atoms with van der Waals surface area (Å²) in [7, 11) is 0. The minimum Gasteiger partial charge on any atom is -0.299 e. The zero-order chi connectivity index (χ0) is 22.3. The Morgan fingerprint density at radius 3 is 2.72 bits per heavy atom. The Labute approximate surface area is 191 Å². The molecule has 1 fully saturated rings. The Hall–Kier alpha value is -3.00. The van der Waals surface area contributed by atoms with Crippen molar-refractivity contribution in [3.05, 3.63) is 65.5 Å². The summed E-state index contributed by atoms with van der Waals surface area (Å²) in [5, 5.41) is 13.6. The van der Waals surface area contributed by atoms with Crippen molar-refractivity contribution < 1.29 is 9.18 Å². The lowest BCUT2D eigenvalue weighted by molar-refractivity contribution is -0.118. The number of hydrazone groups is 1. The van der Waals surface area contributed by atoms with Crippen molar-refractivity contribution in [2.45, 2.75) is 50.2 Å². The van der Waals surface area contributed by atoms with Gasteiger partial charge in [-0.3, -0.25) is 9.36 Å². The second-order valence-electron chi connectivity index (χ2n) is 7.97. The monoisotopic (exact) mass is 451 g/mol. The number of aromatic nitrogens is 3. The number of halogens is 1. The van der Waals surface area contributed by atoms with Crippen LogP contribution in [-0.2, 0) is 4.79 Å². The fourth-order valence-corrected chi connectivity index (χ4v) is 4.67. The maximum absolute atomic E-state index is 13.2. The van der Waals surface area contributed by atoms with Crippen LogP contribution in [0.1, 0.15) is 49.3 Å². The van der Waals surface area contributed by atoms with Gasteiger partial charge < -0.3 is 0 Å². The lowest BCUT2D eigenvalue weighted by atomic mass is 9.95. The molecule has 1 N–H and O–H groups in total. The van der Waals surface area contributed by atoms with Gasteiger partial charge in [-0.05, 0) is 37.5 Å². The van der Waals surface area contributed by atoms with Crippen LogP contribution in [0, 0.1) is 12.7 Å². The van der Waals surface area contributed by atoms with Crippen molar-refractivity contribution >= 4 is 23.9 Å². The molecular weight excluding hydrogens is 425 g/mol. The molecule has 0 spiro atoms. The largest absolute Gasteiger partial charge is 0.299 e. The number of nitrogens with zero attached hydrogens (tertiary/aromatic N) is 4. The molecule has 0 bridgehead atoms. The van der Waals surface area contributed by atoms with Gasteiger partial charge in [-0.1, -0.05) is 73.0 Å². The van der Waals surface area contributed by atoms with Crippen LogP contribution in [0.5, 0.6) is 0 Å². The van der Waals surface area contributed by atoms with Gasteiger partial charge in [0.15, 0.2) is 11.0 Å². The quantitative estimate of drug-likeness (QED) is 0.307. The minimum absolute atomic E-state index is 0.166. The molecule has 0 saturated heterocycles. The fraction of sp³-hybridized carbons (Fsp3) is 0.333. The Kier molecular flexibility index (Phi) is 7.32. The van der Waals surface area contributed by atoms with E-state index in [-0.39, 0.29) is 17.5 Å². The van der Waals surface area contributed by atoms with E-state index < -0.39 is 0 Å². The fourth-order valence-electron chi connectivity index (χ4n) is 3.87. The molecule has 1 aromatic heterocycles. The molecule has 0 unspecified atom stereocenters. The number of benzene rings is 2. The molecule has 1 saturated carbocycles. The minimum atomic E-state index is -0.345.